The summed E-state index contributed by atoms with van der Waals surface area (Å²) in [5.74, 6) is 0.771. The zero-order valence-corrected chi connectivity index (χ0v) is 17.3. The molecule has 154 valence electrons. The highest BCUT2D eigenvalue weighted by molar-refractivity contribution is 5.89. The van der Waals surface area contributed by atoms with Gasteiger partial charge in [-0.3, -0.25) is 4.68 Å². The monoisotopic (exact) mass is 401 g/mol. The minimum atomic E-state index is 0.275. The first-order valence-electron chi connectivity index (χ1n) is 10.5. The first-order valence-corrected chi connectivity index (χ1v) is 10.5. The molecule has 7 nitrogen and oxygen atoms in total. The summed E-state index contributed by atoms with van der Waals surface area (Å²) >= 11 is 0. The van der Waals surface area contributed by atoms with Crippen LogP contribution >= 0.6 is 0 Å². The molecule has 0 bridgehead atoms. The van der Waals surface area contributed by atoms with Crippen LogP contribution in [0.3, 0.4) is 0 Å². The summed E-state index contributed by atoms with van der Waals surface area (Å²) in [5, 5.41) is 4.60. The molecule has 0 unspecified atom stereocenters. The standard InChI is InChI=1S/C23H27N7/c1-29-14-17-3-2-16(12-21(17)28-29)20-13-26-23(30-10-8-19(25)9-11-30)27-22(20)15-4-6-18(24)7-5-15/h4-7,12-14,19H,2-3,8-11,24-25H2,1H3. The summed E-state index contributed by atoms with van der Waals surface area (Å²) in [6, 6.07) is 8.19. The molecule has 3 heterocycles. The van der Waals surface area contributed by atoms with Crippen LogP contribution in [0.1, 0.15) is 36.1 Å². The van der Waals surface area contributed by atoms with Crippen LogP contribution in [0.5, 0.6) is 0 Å². The van der Waals surface area contributed by atoms with Gasteiger partial charge in [-0.15, -0.1) is 0 Å². The van der Waals surface area contributed by atoms with Crippen molar-refractivity contribution >= 4 is 23.3 Å². The van der Waals surface area contributed by atoms with Crippen molar-refractivity contribution in [2.45, 2.75) is 31.7 Å². The van der Waals surface area contributed by atoms with Gasteiger partial charge in [-0.2, -0.15) is 5.10 Å². The maximum absolute atomic E-state index is 6.08. The third kappa shape index (κ3) is 3.57. The smallest absolute Gasteiger partial charge is 0.225 e. The number of allylic oxidation sites excluding steroid dienone is 1. The summed E-state index contributed by atoms with van der Waals surface area (Å²) in [5.41, 5.74) is 19.4. The van der Waals surface area contributed by atoms with E-state index in [9.17, 15) is 0 Å². The van der Waals surface area contributed by atoms with E-state index in [1.807, 2.05) is 42.2 Å². The molecule has 5 rings (SSSR count). The van der Waals surface area contributed by atoms with Crippen molar-refractivity contribution in [2.75, 3.05) is 23.7 Å². The number of benzene rings is 1. The Morgan fingerprint density at radius 2 is 1.83 bits per heavy atom. The van der Waals surface area contributed by atoms with E-state index in [1.165, 1.54) is 11.1 Å². The van der Waals surface area contributed by atoms with Crippen molar-refractivity contribution in [3.8, 4) is 11.3 Å². The van der Waals surface area contributed by atoms with E-state index in [1.54, 1.807) is 0 Å². The maximum atomic E-state index is 6.08. The molecule has 1 aliphatic heterocycles. The Bertz CT molecular complexity index is 1090. The Kier molecular flexibility index (Phi) is 4.75. The van der Waals surface area contributed by atoms with E-state index in [2.05, 4.69) is 22.3 Å². The van der Waals surface area contributed by atoms with E-state index in [0.717, 1.165) is 72.9 Å². The van der Waals surface area contributed by atoms with Crippen LogP contribution in [-0.2, 0) is 13.5 Å². The van der Waals surface area contributed by atoms with Crippen LogP contribution in [0.15, 0.2) is 36.7 Å². The normalized spacial score (nSPS) is 17.0. The first kappa shape index (κ1) is 18.8. The van der Waals surface area contributed by atoms with Crippen LogP contribution in [0.25, 0.3) is 22.9 Å². The number of rotatable bonds is 3. The highest BCUT2D eigenvalue weighted by Crippen LogP contribution is 2.35. The number of fused-ring (bicyclic) bond motifs is 1. The predicted octanol–water partition coefficient (Wildman–Crippen LogP) is 2.87. The number of nitrogen functional groups attached to an aromatic ring is 1. The van der Waals surface area contributed by atoms with E-state index in [0.29, 0.717) is 0 Å². The molecular weight excluding hydrogens is 374 g/mol. The molecule has 30 heavy (non-hydrogen) atoms. The maximum Gasteiger partial charge on any atom is 0.225 e. The summed E-state index contributed by atoms with van der Waals surface area (Å²) in [7, 11) is 1.97. The molecule has 1 aliphatic carbocycles. The number of nitrogens with zero attached hydrogens (tertiary/aromatic N) is 5. The molecule has 0 amide bonds. The van der Waals surface area contributed by atoms with Crippen molar-refractivity contribution in [3.63, 3.8) is 0 Å². The third-order valence-electron chi connectivity index (χ3n) is 6.04. The second kappa shape index (κ2) is 7.57. The van der Waals surface area contributed by atoms with Crippen LogP contribution in [0.4, 0.5) is 11.6 Å². The quantitative estimate of drug-likeness (QED) is 0.655. The Hall–Kier alpha value is -3.19. The predicted molar refractivity (Wildman–Crippen MR) is 121 cm³/mol. The average Bonchev–Trinajstić information content (AvgIpc) is 3.13. The lowest BCUT2D eigenvalue weighted by Gasteiger charge is -2.30. The molecular formula is C23H27N7. The Labute approximate surface area is 176 Å². The molecule has 2 aliphatic rings. The number of hydrogen-bond acceptors (Lipinski definition) is 6. The van der Waals surface area contributed by atoms with Gasteiger partial charge >= 0.3 is 0 Å². The molecule has 1 aromatic carbocycles. The van der Waals surface area contributed by atoms with E-state index < -0.39 is 0 Å². The summed E-state index contributed by atoms with van der Waals surface area (Å²) in [6.07, 6.45) is 10.1. The minimum Gasteiger partial charge on any atom is -0.399 e. The SMILES string of the molecule is Cn1cc2c(n1)C=C(c1cnc(N3CCC(N)CC3)nc1-c1ccc(N)cc1)CC2. The second-order valence-corrected chi connectivity index (χ2v) is 8.26. The van der Waals surface area contributed by atoms with Gasteiger partial charge in [-0.25, -0.2) is 9.97 Å². The fourth-order valence-corrected chi connectivity index (χ4v) is 4.31. The molecule has 3 aromatic rings. The lowest BCUT2D eigenvalue weighted by atomic mass is 9.91. The van der Waals surface area contributed by atoms with Gasteiger partial charge in [0, 0.05) is 55.4 Å². The van der Waals surface area contributed by atoms with Gasteiger partial charge < -0.3 is 16.4 Å². The molecule has 0 atom stereocenters. The lowest BCUT2D eigenvalue weighted by molar-refractivity contribution is 0.495. The summed E-state index contributed by atoms with van der Waals surface area (Å²) in [6.45, 7) is 1.78. The fraction of sp³-hybridized carbons (Fsp3) is 0.348. The van der Waals surface area contributed by atoms with Crippen molar-refractivity contribution in [1.29, 1.82) is 0 Å². The lowest BCUT2D eigenvalue weighted by Crippen LogP contribution is -2.40. The Morgan fingerprint density at radius 1 is 1.07 bits per heavy atom. The number of aromatic nitrogens is 4. The molecule has 1 fully saturated rings. The van der Waals surface area contributed by atoms with Crippen LogP contribution in [0.2, 0.25) is 0 Å². The van der Waals surface area contributed by atoms with Gasteiger partial charge in [-0.1, -0.05) is 12.1 Å². The minimum absolute atomic E-state index is 0.275. The highest BCUT2D eigenvalue weighted by Gasteiger charge is 2.22. The summed E-state index contributed by atoms with van der Waals surface area (Å²) in [4.78, 5) is 12.0. The van der Waals surface area contributed by atoms with E-state index >= 15 is 0 Å². The van der Waals surface area contributed by atoms with Crippen molar-refractivity contribution in [1.82, 2.24) is 19.7 Å². The molecule has 7 heteroatoms. The Morgan fingerprint density at radius 3 is 2.60 bits per heavy atom. The van der Waals surface area contributed by atoms with Crippen molar-refractivity contribution in [3.05, 3.63) is 53.5 Å². The zero-order chi connectivity index (χ0) is 20.7. The van der Waals surface area contributed by atoms with Gasteiger partial charge in [0.15, 0.2) is 0 Å². The van der Waals surface area contributed by atoms with E-state index in [4.69, 9.17) is 21.4 Å². The fourth-order valence-electron chi connectivity index (χ4n) is 4.31. The Balaban J connectivity index is 1.58. The van der Waals surface area contributed by atoms with Gasteiger partial charge in [0.2, 0.25) is 5.95 Å². The van der Waals surface area contributed by atoms with Gasteiger partial charge in [0.25, 0.3) is 0 Å². The van der Waals surface area contributed by atoms with Gasteiger partial charge in [-0.05, 0) is 55.0 Å². The second-order valence-electron chi connectivity index (χ2n) is 8.26. The van der Waals surface area contributed by atoms with Crippen LogP contribution in [0, 0.1) is 0 Å². The first-order chi connectivity index (χ1) is 14.6. The molecule has 0 saturated carbocycles. The molecule has 0 spiro atoms. The summed E-state index contributed by atoms with van der Waals surface area (Å²) < 4.78 is 1.88. The van der Waals surface area contributed by atoms with Gasteiger partial charge in [0.05, 0.1) is 11.4 Å². The third-order valence-corrected chi connectivity index (χ3v) is 6.04. The largest absolute Gasteiger partial charge is 0.399 e. The molecule has 4 N–H and O–H groups in total. The topological polar surface area (TPSA) is 98.9 Å². The van der Waals surface area contributed by atoms with E-state index in [-0.39, 0.29) is 6.04 Å². The van der Waals surface area contributed by atoms with Crippen molar-refractivity contribution < 1.29 is 0 Å². The highest BCUT2D eigenvalue weighted by atomic mass is 15.3. The molecule has 1 saturated heterocycles. The van der Waals surface area contributed by atoms with Crippen LogP contribution < -0.4 is 16.4 Å². The number of anilines is 2. The zero-order valence-electron chi connectivity index (χ0n) is 17.3. The number of piperidine rings is 1. The van der Waals surface area contributed by atoms with Crippen LogP contribution in [-0.4, -0.2) is 38.9 Å². The molecule has 0 radical (unpaired) electrons. The van der Waals surface area contributed by atoms with Crippen molar-refractivity contribution in [2.24, 2.45) is 12.8 Å². The number of aryl methyl sites for hydroxylation is 2. The van der Waals surface area contributed by atoms with Gasteiger partial charge in [0.1, 0.15) is 0 Å². The number of hydrogen-bond donors (Lipinski definition) is 2. The number of nitrogens with two attached hydrogens (primary N) is 2. The molecule has 2 aromatic heterocycles. The average molecular weight is 402 g/mol.